The van der Waals surface area contributed by atoms with Crippen LogP contribution >= 0.6 is 0 Å². The Kier molecular flexibility index (Phi) is 4.98. The summed E-state index contributed by atoms with van der Waals surface area (Å²) in [6.45, 7) is 2.15. The summed E-state index contributed by atoms with van der Waals surface area (Å²) in [5.74, 6) is 0.764. The molecule has 0 saturated carbocycles. The Morgan fingerprint density at radius 1 is 1.40 bits per heavy atom. The number of anilines is 1. The zero-order valence-electron chi connectivity index (χ0n) is 12.3. The zero-order chi connectivity index (χ0) is 14.5. The third-order valence-corrected chi connectivity index (χ3v) is 3.69. The maximum absolute atomic E-state index is 12.5. The van der Waals surface area contributed by atoms with Crippen molar-refractivity contribution < 1.29 is 9.53 Å². The highest BCUT2D eigenvalue weighted by atomic mass is 16.5. The maximum atomic E-state index is 12.5. The lowest BCUT2D eigenvalue weighted by Gasteiger charge is -2.22. The number of rotatable bonds is 5. The predicted octanol–water partition coefficient (Wildman–Crippen LogP) is 1.69. The molecular weight excluding hydrogens is 254 g/mol. The van der Waals surface area contributed by atoms with E-state index >= 15 is 0 Å². The maximum Gasteiger partial charge on any atom is 0.245 e. The summed E-state index contributed by atoms with van der Waals surface area (Å²) < 4.78 is 5.31. The van der Waals surface area contributed by atoms with Gasteiger partial charge in [0.05, 0.1) is 12.8 Å². The van der Waals surface area contributed by atoms with Crippen LogP contribution in [0.25, 0.3) is 0 Å². The number of benzene rings is 1. The smallest absolute Gasteiger partial charge is 0.245 e. The van der Waals surface area contributed by atoms with Crippen LogP contribution in [0.3, 0.4) is 0 Å². The number of carbonyl (C=O) groups excluding carboxylic acids is 1. The number of para-hydroxylation sites is 2. The number of nitrogens with one attached hydrogen (secondary N) is 2. The van der Waals surface area contributed by atoms with Crippen molar-refractivity contribution in [3.63, 3.8) is 0 Å². The van der Waals surface area contributed by atoms with Crippen LogP contribution < -0.4 is 20.5 Å². The number of carbonyl (C=O) groups is 1. The molecule has 1 aliphatic heterocycles. The predicted molar refractivity (Wildman–Crippen MR) is 79.8 cm³/mol. The molecule has 1 fully saturated rings. The van der Waals surface area contributed by atoms with Crippen LogP contribution in [0, 0.1) is 0 Å². The largest absolute Gasteiger partial charge is 0.495 e. The zero-order valence-corrected chi connectivity index (χ0v) is 12.3. The summed E-state index contributed by atoms with van der Waals surface area (Å²) in [7, 11) is 3.40. The van der Waals surface area contributed by atoms with Gasteiger partial charge in [0.1, 0.15) is 11.8 Å². The topological polar surface area (TPSA) is 53.6 Å². The first-order valence-electron chi connectivity index (χ1n) is 7.09. The molecule has 2 unspecified atom stereocenters. The molecule has 1 aromatic rings. The number of hydrazine groups is 1. The molecule has 20 heavy (non-hydrogen) atoms. The van der Waals surface area contributed by atoms with Gasteiger partial charge in [0.25, 0.3) is 0 Å². The third-order valence-electron chi connectivity index (χ3n) is 3.69. The summed E-state index contributed by atoms with van der Waals surface area (Å²) in [6.07, 6.45) is 3.02. The van der Waals surface area contributed by atoms with Gasteiger partial charge in [0.2, 0.25) is 5.91 Å². The standard InChI is InChI=1S/C15H23N3O2/c1-4-7-11-10-12(17-16-11)15(19)18(2)13-8-5-6-9-14(13)20-3/h5-6,8-9,11-12,16-17H,4,7,10H2,1-3H3. The van der Waals surface area contributed by atoms with E-state index in [9.17, 15) is 4.79 Å². The van der Waals surface area contributed by atoms with Gasteiger partial charge in [-0.2, -0.15) is 0 Å². The molecule has 0 spiro atoms. The summed E-state index contributed by atoms with van der Waals surface area (Å²) >= 11 is 0. The molecule has 5 nitrogen and oxygen atoms in total. The van der Waals surface area contributed by atoms with Gasteiger partial charge < -0.3 is 9.64 Å². The number of ether oxygens (including phenoxy) is 1. The Labute approximate surface area is 120 Å². The second-order valence-electron chi connectivity index (χ2n) is 5.13. The fourth-order valence-electron chi connectivity index (χ4n) is 2.58. The molecule has 1 aliphatic rings. The van der Waals surface area contributed by atoms with Crippen LogP contribution in [0.1, 0.15) is 26.2 Å². The first-order chi connectivity index (χ1) is 9.67. The minimum absolute atomic E-state index is 0.0561. The van der Waals surface area contributed by atoms with Crippen molar-refractivity contribution in [2.24, 2.45) is 0 Å². The van der Waals surface area contributed by atoms with Crippen LogP contribution in [0.5, 0.6) is 5.75 Å². The minimum atomic E-state index is -0.179. The van der Waals surface area contributed by atoms with E-state index in [2.05, 4.69) is 17.8 Å². The highest BCUT2D eigenvalue weighted by molar-refractivity contribution is 5.98. The van der Waals surface area contributed by atoms with E-state index in [0.717, 1.165) is 24.9 Å². The van der Waals surface area contributed by atoms with E-state index in [1.807, 2.05) is 24.3 Å². The highest BCUT2D eigenvalue weighted by Crippen LogP contribution is 2.27. The number of methoxy groups -OCH3 is 1. The fraction of sp³-hybridized carbons (Fsp3) is 0.533. The van der Waals surface area contributed by atoms with Crippen LogP contribution in [-0.2, 0) is 4.79 Å². The van der Waals surface area contributed by atoms with Gasteiger partial charge in [0, 0.05) is 13.1 Å². The molecule has 1 aromatic carbocycles. The molecule has 5 heteroatoms. The van der Waals surface area contributed by atoms with Crippen molar-refractivity contribution in [3.8, 4) is 5.75 Å². The number of nitrogens with zero attached hydrogens (tertiary/aromatic N) is 1. The van der Waals surface area contributed by atoms with Crippen LogP contribution in [0.4, 0.5) is 5.69 Å². The fourth-order valence-corrected chi connectivity index (χ4v) is 2.58. The second kappa shape index (κ2) is 6.72. The van der Waals surface area contributed by atoms with Crippen molar-refractivity contribution in [1.82, 2.24) is 10.9 Å². The summed E-state index contributed by atoms with van der Waals surface area (Å²) in [5.41, 5.74) is 7.08. The average Bonchev–Trinajstić information content (AvgIpc) is 2.94. The number of hydrogen-bond acceptors (Lipinski definition) is 4. The van der Waals surface area contributed by atoms with E-state index in [1.165, 1.54) is 0 Å². The van der Waals surface area contributed by atoms with Crippen molar-refractivity contribution in [2.75, 3.05) is 19.1 Å². The minimum Gasteiger partial charge on any atom is -0.495 e. The molecule has 1 saturated heterocycles. The lowest BCUT2D eigenvalue weighted by molar-refractivity contribution is -0.120. The lowest BCUT2D eigenvalue weighted by Crippen LogP contribution is -2.44. The normalized spacial score (nSPS) is 21.8. The Morgan fingerprint density at radius 3 is 2.85 bits per heavy atom. The van der Waals surface area contributed by atoms with Gasteiger partial charge in [-0.05, 0) is 25.0 Å². The van der Waals surface area contributed by atoms with E-state index in [0.29, 0.717) is 11.8 Å². The molecule has 1 heterocycles. The van der Waals surface area contributed by atoms with Crippen molar-refractivity contribution in [3.05, 3.63) is 24.3 Å². The molecule has 110 valence electrons. The van der Waals surface area contributed by atoms with Crippen molar-refractivity contribution in [2.45, 2.75) is 38.3 Å². The number of amides is 1. The van der Waals surface area contributed by atoms with Crippen LogP contribution in [0.2, 0.25) is 0 Å². The first-order valence-corrected chi connectivity index (χ1v) is 7.09. The molecule has 0 aliphatic carbocycles. The molecule has 0 aromatic heterocycles. The van der Waals surface area contributed by atoms with Gasteiger partial charge in [0.15, 0.2) is 0 Å². The van der Waals surface area contributed by atoms with E-state index in [4.69, 9.17) is 4.74 Å². The van der Waals surface area contributed by atoms with Crippen molar-refractivity contribution >= 4 is 11.6 Å². The lowest BCUT2D eigenvalue weighted by atomic mass is 10.1. The average molecular weight is 277 g/mol. The van der Waals surface area contributed by atoms with E-state index < -0.39 is 0 Å². The van der Waals surface area contributed by atoms with Gasteiger partial charge in [-0.3, -0.25) is 10.2 Å². The van der Waals surface area contributed by atoms with Crippen LogP contribution in [-0.4, -0.2) is 32.1 Å². The van der Waals surface area contributed by atoms with Gasteiger partial charge in [-0.25, -0.2) is 5.43 Å². The Bertz CT molecular complexity index is 464. The Morgan fingerprint density at radius 2 is 2.15 bits per heavy atom. The van der Waals surface area contributed by atoms with Gasteiger partial charge in [-0.15, -0.1) is 0 Å². The number of hydrogen-bond donors (Lipinski definition) is 2. The molecule has 0 radical (unpaired) electrons. The quantitative estimate of drug-likeness (QED) is 0.860. The monoisotopic (exact) mass is 277 g/mol. The molecule has 2 rings (SSSR count). The highest BCUT2D eigenvalue weighted by Gasteiger charge is 2.31. The molecule has 1 amide bonds. The van der Waals surface area contributed by atoms with Crippen molar-refractivity contribution in [1.29, 1.82) is 0 Å². The summed E-state index contributed by atoms with van der Waals surface area (Å²) in [4.78, 5) is 14.2. The molecule has 0 bridgehead atoms. The first kappa shape index (κ1) is 14.8. The second-order valence-corrected chi connectivity index (χ2v) is 5.13. The summed E-state index contributed by atoms with van der Waals surface area (Å²) in [5, 5.41) is 0. The van der Waals surface area contributed by atoms with E-state index in [-0.39, 0.29) is 11.9 Å². The third kappa shape index (κ3) is 3.11. The Balaban J connectivity index is 2.06. The molecule has 2 atom stereocenters. The van der Waals surface area contributed by atoms with Crippen LogP contribution in [0.15, 0.2) is 24.3 Å². The summed E-state index contributed by atoms with van der Waals surface area (Å²) in [6, 6.07) is 7.75. The SMILES string of the molecule is CCCC1CC(C(=O)N(C)c2ccccc2OC)NN1. The van der Waals surface area contributed by atoms with Gasteiger partial charge >= 0.3 is 0 Å². The molecular formula is C15H23N3O2. The van der Waals surface area contributed by atoms with Gasteiger partial charge in [-0.1, -0.05) is 25.5 Å². The number of likely N-dealkylation sites (N-methyl/N-ethyl adjacent to an activating group) is 1. The van der Waals surface area contributed by atoms with E-state index in [1.54, 1.807) is 19.1 Å². The Hall–Kier alpha value is -1.59. The molecule has 2 N–H and O–H groups in total.